The molecule has 0 bridgehead atoms. The first kappa shape index (κ1) is 9.86. The first-order chi connectivity index (χ1) is 6.19. The Balaban J connectivity index is 3.02. The highest BCUT2D eigenvalue weighted by molar-refractivity contribution is 5.75. The number of carbonyl (C=O) groups excluding carboxylic acids is 1. The summed E-state index contributed by atoms with van der Waals surface area (Å²) < 4.78 is 13.0. The highest BCUT2D eigenvalue weighted by Crippen LogP contribution is 2.17. The molecule has 0 heterocycles. The number of hydrogen-bond acceptors (Lipinski definition) is 2. The number of rotatable bonds is 3. The maximum Gasteiger partial charge on any atom is 0.152 e. The van der Waals surface area contributed by atoms with E-state index in [1.165, 1.54) is 12.1 Å². The lowest BCUT2D eigenvalue weighted by molar-refractivity contribution is 0.112. The molecule has 0 saturated carbocycles. The van der Waals surface area contributed by atoms with E-state index in [1.807, 2.05) is 0 Å². The topological polar surface area (TPSA) is 37.3 Å². The Morgan fingerprint density at radius 1 is 1.62 bits per heavy atom. The number of carbonyl (C=O) groups is 1. The first-order valence-electron chi connectivity index (χ1n) is 4.04. The molecule has 70 valence electrons. The number of hydrogen-bond donors (Lipinski definition) is 1. The Kier molecular flexibility index (Phi) is 3.14. The quantitative estimate of drug-likeness (QED) is 0.723. The normalized spacial score (nSPS) is 12.5. The highest BCUT2D eigenvalue weighted by Gasteiger charge is 2.07. The van der Waals surface area contributed by atoms with Gasteiger partial charge >= 0.3 is 0 Å². The minimum Gasteiger partial charge on any atom is -0.396 e. The molecule has 1 unspecified atom stereocenters. The van der Waals surface area contributed by atoms with Crippen molar-refractivity contribution < 1.29 is 14.3 Å². The second kappa shape index (κ2) is 4.14. The standard InChI is InChI=1S/C10H11FO2/c1-7(5-12)8-2-3-9(6-13)10(11)4-8/h2-4,6-7,12H,5H2,1H3. The molecule has 1 rings (SSSR count). The van der Waals surface area contributed by atoms with Crippen molar-refractivity contribution in [2.24, 2.45) is 0 Å². The Morgan fingerprint density at radius 2 is 2.31 bits per heavy atom. The number of aliphatic hydroxyl groups excluding tert-OH is 1. The summed E-state index contributed by atoms with van der Waals surface area (Å²) in [6.07, 6.45) is 0.475. The van der Waals surface area contributed by atoms with Crippen molar-refractivity contribution in [2.45, 2.75) is 12.8 Å². The molecule has 1 N–H and O–H groups in total. The van der Waals surface area contributed by atoms with E-state index in [9.17, 15) is 9.18 Å². The van der Waals surface area contributed by atoms with Crippen molar-refractivity contribution >= 4 is 6.29 Å². The van der Waals surface area contributed by atoms with Crippen molar-refractivity contribution in [3.8, 4) is 0 Å². The van der Waals surface area contributed by atoms with Crippen molar-refractivity contribution in [3.63, 3.8) is 0 Å². The summed E-state index contributed by atoms with van der Waals surface area (Å²) in [7, 11) is 0. The van der Waals surface area contributed by atoms with E-state index >= 15 is 0 Å². The van der Waals surface area contributed by atoms with Crippen LogP contribution in [-0.4, -0.2) is 18.0 Å². The third kappa shape index (κ3) is 2.12. The minimum atomic E-state index is -0.534. The molecule has 0 saturated heterocycles. The predicted octanol–water partition coefficient (Wildman–Crippen LogP) is 1.73. The summed E-state index contributed by atoms with van der Waals surface area (Å²) in [5.41, 5.74) is 0.750. The molecule has 0 amide bonds. The summed E-state index contributed by atoms with van der Waals surface area (Å²) in [6.45, 7) is 1.76. The predicted molar refractivity (Wildman–Crippen MR) is 47.3 cm³/mol. The lowest BCUT2D eigenvalue weighted by Gasteiger charge is -2.08. The van der Waals surface area contributed by atoms with Gasteiger partial charge in [-0.2, -0.15) is 0 Å². The smallest absolute Gasteiger partial charge is 0.152 e. The van der Waals surface area contributed by atoms with E-state index in [-0.39, 0.29) is 18.1 Å². The zero-order valence-corrected chi connectivity index (χ0v) is 7.33. The number of halogens is 1. The largest absolute Gasteiger partial charge is 0.396 e. The lowest BCUT2D eigenvalue weighted by atomic mass is 10.0. The van der Waals surface area contributed by atoms with Gasteiger partial charge in [0, 0.05) is 12.5 Å². The van der Waals surface area contributed by atoms with Crippen LogP contribution in [0.5, 0.6) is 0 Å². The summed E-state index contributed by atoms with van der Waals surface area (Å²) in [5.74, 6) is -0.636. The molecule has 0 aliphatic carbocycles. The average molecular weight is 182 g/mol. The van der Waals surface area contributed by atoms with Gasteiger partial charge in [-0.05, 0) is 17.7 Å². The van der Waals surface area contributed by atoms with Gasteiger partial charge in [0.05, 0.1) is 5.56 Å². The van der Waals surface area contributed by atoms with Gasteiger partial charge in [-0.1, -0.05) is 13.0 Å². The third-order valence-electron chi connectivity index (χ3n) is 1.99. The molecule has 0 spiro atoms. The molecule has 0 aliphatic heterocycles. The molecule has 0 aromatic heterocycles. The van der Waals surface area contributed by atoms with Crippen LogP contribution in [0.2, 0.25) is 0 Å². The Morgan fingerprint density at radius 3 is 2.77 bits per heavy atom. The monoisotopic (exact) mass is 182 g/mol. The number of aliphatic hydroxyl groups is 1. The van der Waals surface area contributed by atoms with Crippen molar-refractivity contribution in [2.75, 3.05) is 6.61 Å². The fraction of sp³-hybridized carbons (Fsp3) is 0.300. The Bertz CT molecular complexity index is 310. The molecule has 1 aromatic rings. The van der Waals surface area contributed by atoms with Gasteiger partial charge in [-0.25, -0.2) is 4.39 Å². The third-order valence-corrected chi connectivity index (χ3v) is 1.99. The number of aldehydes is 1. The summed E-state index contributed by atoms with van der Waals surface area (Å²) in [6, 6.07) is 4.35. The molecule has 3 heteroatoms. The minimum absolute atomic E-state index is 0.0279. The van der Waals surface area contributed by atoms with Crippen LogP contribution >= 0.6 is 0 Å². The van der Waals surface area contributed by atoms with Crippen molar-refractivity contribution in [1.82, 2.24) is 0 Å². The summed E-state index contributed by atoms with van der Waals surface area (Å²) >= 11 is 0. The van der Waals surface area contributed by atoms with Crippen LogP contribution in [0.25, 0.3) is 0 Å². The fourth-order valence-corrected chi connectivity index (χ4v) is 1.05. The highest BCUT2D eigenvalue weighted by atomic mass is 19.1. The molecule has 1 aromatic carbocycles. The zero-order chi connectivity index (χ0) is 9.84. The molecule has 13 heavy (non-hydrogen) atoms. The van der Waals surface area contributed by atoms with Crippen molar-refractivity contribution in [1.29, 1.82) is 0 Å². The van der Waals surface area contributed by atoms with Crippen LogP contribution in [0.15, 0.2) is 18.2 Å². The SMILES string of the molecule is CC(CO)c1ccc(C=O)c(F)c1. The van der Waals surface area contributed by atoms with Gasteiger partial charge in [0.2, 0.25) is 0 Å². The van der Waals surface area contributed by atoms with Gasteiger partial charge in [0.1, 0.15) is 5.82 Å². The van der Waals surface area contributed by atoms with E-state index in [1.54, 1.807) is 13.0 Å². The summed E-state index contributed by atoms with van der Waals surface area (Å²) in [5, 5.41) is 8.81. The fourth-order valence-electron chi connectivity index (χ4n) is 1.05. The second-order valence-corrected chi connectivity index (χ2v) is 2.98. The maximum absolute atomic E-state index is 13.0. The van der Waals surface area contributed by atoms with E-state index in [2.05, 4.69) is 0 Å². The molecule has 0 fully saturated rings. The van der Waals surface area contributed by atoms with Crippen LogP contribution in [-0.2, 0) is 0 Å². The van der Waals surface area contributed by atoms with Gasteiger partial charge < -0.3 is 5.11 Å². The second-order valence-electron chi connectivity index (χ2n) is 2.98. The molecule has 2 nitrogen and oxygen atoms in total. The number of benzene rings is 1. The molecule has 0 radical (unpaired) electrons. The lowest BCUT2D eigenvalue weighted by Crippen LogP contribution is -2.00. The van der Waals surface area contributed by atoms with Crippen LogP contribution in [0.1, 0.15) is 28.8 Å². The Hall–Kier alpha value is -1.22. The van der Waals surface area contributed by atoms with Gasteiger partial charge in [-0.15, -0.1) is 0 Å². The van der Waals surface area contributed by atoms with Crippen molar-refractivity contribution in [3.05, 3.63) is 35.1 Å². The summed E-state index contributed by atoms with van der Waals surface area (Å²) in [4.78, 5) is 10.3. The van der Waals surface area contributed by atoms with E-state index in [4.69, 9.17) is 5.11 Å². The van der Waals surface area contributed by atoms with E-state index in [0.717, 1.165) is 0 Å². The maximum atomic E-state index is 13.0. The van der Waals surface area contributed by atoms with Gasteiger partial charge in [0.15, 0.2) is 6.29 Å². The first-order valence-corrected chi connectivity index (χ1v) is 4.04. The van der Waals surface area contributed by atoms with Crippen LogP contribution < -0.4 is 0 Å². The van der Waals surface area contributed by atoms with Crippen LogP contribution in [0.4, 0.5) is 4.39 Å². The van der Waals surface area contributed by atoms with Gasteiger partial charge in [-0.3, -0.25) is 4.79 Å². The van der Waals surface area contributed by atoms with E-state index in [0.29, 0.717) is 11.8 Å². The van der Waals surface area contributed by atoms with Crippen LogP contribution in [0, 0.1) is 5.82 Å². The molecular formula is C10H11FO2. The molecular weight excluding hydrogens is 171 g/mol. The van der Waals surface area contributed by atoms with Crippen LogP contribution in [0.3, 0.4) is 0 Å². The molecule has 0 aliphatic rings. The zero-order valence-electron chi connectivity index (χ0n) is 7.33. The van der Waals surface area contributed by atoms with E-state index < -0.39 is 5.82 Å². The molecule has 1 atom stereocenters. The Labute approximate surface area is 76.0 Å². The average Bonchev–Trinajstić information content (AvgIpc) is 2.16. The van der Waals surface area contributed by atoms with Gasteiger partial charge in [0.25, 0.3) is 0 Å².